The van der Waals surface area contributed by atoms with Gasteiger partial charge >= 0.3 is 0 Å². The first kappa shape index (κ1) is 19.1. The fourth-order valence-electron chi connectivity index (χ4n) is 4.18. The second-order valence-corrected chi connectivity index (χ2v) is 8.22. The average molecular weight is 383 g/mol. The summed E-state index contributed by atoms with van der Waals surface area (Å²) in [5, 5.41) is 11.0. The number of carbonyl (C=O) groups excluding carboxylic acids is 1. The first-order valence-electron chi connectivity index (χ1n) is 10.5. The molecular weight excluding hydrogens is 354 g/mol. The molecule has 1 heterocycles. The van der Waals surface area contributed by atoms with Gasteiger partial charge in [-0.2, -0.15) is 0 Å². The first-order valence-corrected chi connectivity index (χ1v) is 10.5. The molecule has 1 amide bonds. The number of amides is 1. The van der Waals surface area contributed by atoms with Gasteiger partial charge in [0.05, 0.1) is 6.61 Å². The lowest BCUT2D eigenvalue weighted by Crippen LogP contribution is -2.40. The van der Waals surface area contributed by atoms with E-state index in [4.69, 9.17) is 9.37 Å². The van der Waals surface area contributed by atoms with Crippen molar-refractivity contribution in [2.75, 3.05) is 6.61 Å². The van der Waals surface area contributed by atoms with Crippen molar-refractivity contribution in [1.82, 2.24) is 15.6 Å². The molecular formula is C22H29N3O3. The Bertz CT molecular complexity index is 756. The molecule has 2 aromatic rings. The highest BCUT2D eigenvalue weighted by atomic mass is 16.6. The Morgan fingerprint density at radius 1 is 1.18 bits per heavy atom. The van der Waals surface area contributed by atoms with Crippen molar-refractivity contribution in [3.05, 3.63) is 47.3 Å². The first-order chi connectivity index (χ1) is 13.7. The summed E-state index contributed by atoms with van der Waals surface area (Å²) in [4.78, 5) is 12.7. The van der Waals surface area contributed by atoms with Crippen molar-refractivity contribution in [1.29, 1.82) is 0 Å². The van der Waals surface area contributed by atoms with E-state index in [2.05, 4.69) is 22.6 Å². The maximum atomic E-state index is 12.7. The number of carbonyl (C=O) groups is 1. The molecule has 0 saturated heterocycles. The third-order valence-electron chi connectivity index (χ3n) is 5.85. The molecule has 1 aromatic heterocycles. The van der Waals surface area contributed by atoms with Crippen LogP contribution in [0, 0.1) is 17.8 Å². The molecule has 2 aliphatic rings. The van der Waals surface area contributed by atoms with E-state index < -0.39 is 0 Å². The van der Waals surface area contributed by atoms with Crippen LogP contribution in [0.4, 0.5) is 0 Å². The van der Waals surface area contributed by atoms with Gasteiger partial charge in [-0.25, -0.2) is 4.63 Å². The number of hydrogen-bond donors (Lipinski definition) is 1. The lowest BCUT2D eigenvalue weighted by molar-refractivity contribution is 0.0907. The summed E-state index contributed by atoms with van der Waals surface area (Å²) in [6.07, 6.45) is 6.61. The Labute approximate surface area is 166 Å². The van der Waals surface area contributed by atoms with Crippen LogP contribution in [0.15, 0.2) is 35.0 Å². The van der Waals surface area contributed by atoms with Crippen LogP contribution in [0.1, 0.15) is 60.8 Å². The monoisotopic (exact) mass is 383 g/mol. The van der Waals surface area contributed by atoms with Crippen LogP contribution in [-0.4, -0.2) is 28.9 Å². The highest BCUT2D eigenvalue weighted by Crippen LogP contribution is 2.50. The average Bonchev–Trinajstić information content (AvgIpc) is 3.63. The molecule has 28 heavy (non-hydrogen) atoms. The molecule has 0 bridgehead atoms. The molecule has 1 aromatic carbocycles. The maximum absolute atomic E-state index is 12.7. The van der Waals surface area contributed by atoms with Gasteiger partial charge in [-0.1, -0.05) is 35.5 Å². The van der Waals surface area contributed by atoms with Gasteiger partial charge in [0, 0.05) is 12.6 Å². The summed E-state index contributed by atoms with van der Waals surface area (Å²) in [6.45, 7) is 3.32. The van der Waals surface area contributed by atoms with Crippen molar-refractivity contribution < 1.29 is 14.2 Å². The molecule has 2 aliphatic carbocycles. The Balaban J connectivity index is 1.23. The Morgan fingerprint density at radius 2 is 1.89 bits per heavy atom. The zero-order valence-electron chi connectivity index (χ0n) is 16.5. The van der Waals surface area contributed by atoms with Crippen molar-refractivity contribution >= 4 is 5.91 Å². The van der Waals surface area contributed by atoms with Crippen molar-refractivity contribution in [2.45, 2.75) is 58.1 Å². The molecule has 1 atom stereocenters. The number of ether oxygens (including phenoxy) is 1. The molecule has 6 heteroatoms. The molecule has 1 N–H and O–H groups in total. The minimum atomic E-state index is -0.166. The zero-order valence-corrected chi connectivity index (χ0v) is 16.5. The highest BCUT2D eigenvalue weighted by molar-refractivity contribution is 5.93. The van der Waals surface area contributed by atoms with Crippen LogP contribution in [0.2, 0.25) is 0 Å². The topological polar surface area (TPSA) is 77.3 Å². The van der Waals surface area contributed by atoms with Crippen molar-refractivity contribution in [3.63, 3.8) is 0 Å². The summed E-state index contributed by atoms with van der Waals surface area (Å²) in [7, 11) is 0. The van der Waals surface area contributed by atoms with Crippen LogP contribution in [-0.2, 0) is 17.8 Å². The van der Waals surface area contributed by atoms with Crippen LogP contribution >= 0.6 is 0 Å². The van der Waals surface area contributed by atoms with Crippen LogP contribution in [0.3, 0.4) is 0 Å². The van der Waals surface area contributed by atoms with Gasteiger partial charge in [0.25, 0.3) is 5.91 Å². The molecule has 2 saturated carbocycles. The number of nitrogens with zero attached hydrogens (tertiary/aromatic N) is 2. The molecule has 0 radical (unpaired) electrons. The Hall–Kier alpha value is -2.21. The zero-order chi connectivity index (χ0) is 19.3. The van der Waals surface area contributed by atoms with Gasteiger partial charge in [0.2, 0.25) is 0 Å². The number of aryl methyl sites for hydroxylation is 1. The Kier molecular flexibility index (Phi) is 6.05. The predicted molar refractivity (Wildman–Crippen MR) is 105 cm³/mol. The van der Waals surface area contributed by atoms with Gasteiger partial charge in [-0.05, 0) is 73.9 Å². The van der Waals surface area contributed by atoms with Gasteiger partial charge in [-0.3, -0.25) is 4.79 Å². The van der Waals surface area contributed by atoms with Gasteiger partial charge in [0.15, 0.2) is 5.69 Å². The van der Waals surface area contributed by atoms with E-state index in [0.29, 0.717) is 36.9 Å². The van der Waals surface area contributed by atoms with Crippen LogP contribution in [0.5, 0.6) is 0 Å². The molecule has 0 spiro atoms. The van der Waals surface area contributed by atoms with Gasteiger partial charge < -0.3 is 10.1 Å². The number of benzene rings is 1. The lowest BCUT2D eigenvalue weighted by atomic mass is 9.90. The van der Waals surface area contributed by atoms with Crippen molar-refractivity contribution in [2.24, 2.45) is 17.8 Å². The third kappa shape index (κ3) is 4.98. The summed E-state index contributed by atoms with van der Waals surface area (Å²) < 4.78 is 10.6. The summed E-state index contributed by atoms with van der Waals surface area (Å²) in [5.74, 6) is 2.03. The maximum Gasteiger partial charge on any atom is 0.275 e. The second-order valence-electron chi connectivity index (χ2n) is 8.22. The number of rotatable bonds is 11. The molecule has 0 aliphatic heterocycles. The van der Waals surface area contributed by atoms with E-state index in [9.17, 15) is 4.79 Å². The minimum Gasteiger partial charge on any atom is -0.377 e. The summed E-state index contributed by atoms with van der Waals surface area (Å²) >= 11 is 0. The van der Waals surface area contributed by atoms with Crippen LogP contribution in [0.25, 0.3) is 0 Å². The number of hydrogen-bond acceptors (Lipinski definition) is 5. The smallest absolute Gasteiger partial charge is 0.275 e. The highest BCUT2D eigenvalue weighted by Gasteiger charge is 2.44. The van der Waals surface area contributed by atoms with Gasteiger partial charge in [0.1, 0.15) is 5.69 Å². The van der Waals surface area contributed by atoms with Crippen molar-refractivity contribution in [3.8, 4) is 0 Å². The number of aromatic nitrogens is 2. The Morgan fingerprint density at radius 3 is 2.57 bits per heavy atom. The van der Waals surface area contributed by atoms with Crippen LogP contribution < -0.4 is 5.32 Å². The van der Waals surface area contributed by atoms with E-state index in [1.54, 1.807) is 0 Å². The van der Waals surface area contributed by atoms with E-state index in [0.717, 1.165) is 23.8 Å². The fraction of sp³-hybridized carbons (Fsp3) is 0.591. The molecule has 2 fully saturated rings. The minimum absolute atomic E-state index is 0.166. The standard InChI is InChI=1S/C22H29N3O3/c1-15(20(17-9-10-17)18-11-12-18)23-22(26)21-19(24-28-25-21)8-5-13-27-14-16-6-3-2-4-7-16/h2-4,6-7,15,17-18,20H,5,8-14H2,1H3,(H,23,26). The molecule has 150 valence electrons. The molecule has 1 unspecified atom stereocenters. The second kappa shape index (κ2) is 8.86. The third-order valence-corrected chi connectivity index (χ3v) is 5.85. The lowest BCUT2D eigenvalue weighted by Gasteiger charge is -2.24. The predicted octanol–water partition coefficient (Wildman–Crippen LogP) is 3.77. The summed E-state index contributed by atoms with van der Waals surface area (Å²) in [5.41, 5.74) is 2.09. The SMILES string of the molecule is CC(NC(=O)c1nonc1CCCOCc1ccccc1)C(C1CC1)C1CC1. The largest absolute Gasteiger partial charge is 0.377 e. The quantitative estimate of drug-likeness (QED) is 0.598. The van der Waals surface area contributed by atoms with E-state index in [1.807, 2.05) is 30.3 Å². The van der Waals surface area contributed by atoms with E-state index >= 15 is 0 Å². The fourth-order valence-corrected chi connectivity index (χ4v) is 4.18. The summed E-state index contributed by atoms with van der Waals surface area (Å²) in [6, 6.07) is 10.3. The van der Waals surface area contributed by atoms with E-state index in [-0.39, 0.29) is 11.9 Å². The van der Waals surface area contributed by atoms with Gasteiger partial charge in [-0.15, -0.1) is 0 Å². The molecule has 4 rings (SSSR count). The normalized spacial score (nSPS) is 17.6. The van der Waals surface area contributed by atoms with E-state index in [1.165, 1.54) is 25.7 Å². The number of nitrogens with one attached hydrogen (secondary N) is 1. The molecule has 6 nitrogen and oxygen atoms in total.